The smallest absolute Gasteiger partial charge is 0.246 e. The number of nitrogens with zero attached hydrogens (tertiary/aromatic N) is 1. The molecule has 15 heavy (non-hydrogen) atoms. The van der Waals surface area contributed by atoms with E-state index in [1.165, 1.54) is 24.3 Å². The monoisotopic (exact) mass is 273 g/mol. The first-order chi connectivity index (χ1) is 7.04. The third-order valence-corrected chi connectivity index (χ3v) is 2.48. The molecule has 0 saturated carbocycles. The molecule has 1 aromatic rings. The van der Waals surface area contributed by atoms with Crippen molar-refractivity contribution in [2.24, 2.45) is 0 Å². The van der Waals surface area contributed by atoms with Gasteiger partial charge in [0.15, 0.2) is 0 Å². The Hall–Kier alpha value is -1.23. The van der Waals surface area contributed by atoms with Crippen LogP contribution in [0.4, 0.5) is 4.39 Å². The first kappa shape index (κ1) is 11.8. The maximum absolute atomic E-state index is 12.9. The van der Waals surface area contributed by atoms with Crippen molar-refractivity contribution in [2.75, 3.05) is 0 Å². The van der Waals surface area contributed by atoms with Crippen molar-refractivity contribution in [3.63, 3.8) is 0 Å². The fraction of sp³-hybridized carbons (Fsp3) is 0.200. The van der Waals surface area contributed by atoms with Gasteiger partial charge in [-0.2, -0.15) is 0 Å². The van der Waals surface area contributed by atoms with Crippen LogP contribution in [-0.4, -0.2) is 4.92 Å². The lowest BCUT2D eigenvalue weighted by molar-refractivity contribution is -0.425. The number of allylic oxidation sites excluding steroid dienone is 1. The van der Waals surface area contributed by atoms with E-state index in [9.17, 15) is 14.5 Å². The molecule has 0 aromatic heterocycles. The Bertz CT molecular complexity index is 418. The fourth-order valence-corrected chi connectivity index (χ4v) is 1.47. The molecule has 0 N–H and O–H groups in total. The Balaban J connectivity index is 3.07. The second-order valence-corrected chi connectivity index (χ2v) is 3.77. The summed E-state index contributed by atoms with van der Waals surface area (Å²) in [4.78, 5) is 10.1. The highest BCUT2D eigenvalue weighted by Gasteiger charge is 2.07. The van der Waals surface area contributed by atoms with E-state index in [2.05, 4.69) is 15.9 Å². The van der Waals surface area contributed by atoms with Gasteiger partial charge in [0.05, 0.1) is 9.40 Å². The average molecular weight is 274 g/mol. The van der Waals surface area contributed by atoms with Crippen molar-refractivity contribution in [2.45, 2.75) is 13.3 Å². The summed E-state index contributed by atoms with van der Waals surface area (Å²) < 4.78 is 13.2. The van der Waals surface area contributed by atoms with Gasteiger partial charge >= 0.3 is 0 Å². The van der Waals surface area contributed by atoms with E-state index >= 15 is 0 Å². The van der Waals surface area contributed by atoms with Gasteiger partial charge in [0.25, 0.3) is 0 Å². The van der Waals surface area contributed by atoms with Crippen LogP contribution in [-0.2, 0) is 0 Å². The zero-order chi connectivity index (χ0) is 11.4. The zero-order valence-corrected chi connectivity index (χ0v) is 9.62. The Morgan fingerprint density at radius 1 is 1.67 bits per heavy atom. The van der Waals surface area contributed by atoms with Gasteiger partial charge in [-0.3, -0.25) is 10.1 Å². The van der Waals surface area contributed by atoms with Crippen LogP contribution in [0.2, 0.25) is 0 Å². The van der Waals surface area contributed by atoms with Gasteiger partial charge in [0.2, 0.25) is 5.70 Å². The van der Waals surface area contributed by atoms with Gasteiger partial charge < -0.3 is 0 Å². The van der Waals surface area contributed by atoms with Gasteiger partial charge in [0, 0.05) is 12.5 Å². The van der Waals surface area contributed by atoms with Crippen molar-refractivity contribution in [3.05, 3.63) is 49.9 Å². The van der Waals surface area contributed by atoms with Crippen molar-refractivity contribution in [1.82, 2.24) is 0 Å². The highest BCUT2D eigenvalue weighted by molar-refractivity contribution is 9.10. The third-order valence-electron chi connectivity index (χ3n) is 1.87. The van der Waals surface area contributed by atoms with Crippen molar-refractivity contribution in [3.8, 4) is 0 Å². The van der Waals surface area contributed by atoms with Gasteiger partial charge in [-0.05, 0) is 33.6 Å². The summed E-state index contributed by atoms with van der Waals surface area (Å²) in [7, 11) is 0. The molecule has 0 fully saturated rings. The molecule has 0 bridgehead atoms. The van der Waals surface area contributed by atoms with Crippen LogP contribution in [0.1, 0.15) is 18.9 Å². The summed E-state index contributed by atoms with van der Waals surface area (Å²) in [6, 6.07) is 4.27. The SMILES string of the molecule is CCC(=Cc1ccc(F)c(Br)c1)[N+](=O)[O-]. The second-order valence-electron chi connectivity index (χ2n) is 2.92. The van der Waals surface area contributed by atoms with E-state index in [0.717, 1.165) is 0 Å². The molecule has 5 heteroatoms. The largest absolute Gasteiger partial charge is 0.259 e. The molecule has 80 valence electrons. The lowest BCUT2D eigenvalue weighted by atomic mass is 10.2. The summed E-state index contributed by atoms with van der Waals surface area (Å²) in [5.41, 5.74) is 0.713. The molecule has 1 rings (SSSR count). The fourth-order valence-electron chi connectivity index (χ4n) is 1.08. The molecule has 3 nitrogen and oxygen atoms in total. The molecule has 0 saturated heterocycles. The summed E-state index contributed by atoms with van der Waals surface area (Å²) in [6.07, 6.45) is 1.77. The van der Waals surface area contributed by atoms with Crippen LogP contribution < -0.4 is 0 Å². The van der Waals surface area contributed by atoms with Crippen LogP contribution in [0.15, 0.2) is 28.4 Å². The number of rotatable bonds is 3. The minimum Gasteiger partial charge on any atom is -0.259 e. The van der Waals surface area contributed by atoms with E-state index in [0.29, 0.717) is 16.5 Å². The molecule has 0 atom stereocenters. The Labute approximate surface area is 94.9 Å². The second kappa shape index (κ2) is 5.02. The average Bonchev–Trinajstić information content (AvgIpc) is 2.19. The predicted octanol–water partition coefficient (Wildman–Crippen LogP) is 3.62. The van der Waals surface area contributed by atoms with Crippen LogP contribution in [0.25, 0.3) is 6.08 Å². The predicted molar refractivity (Wildman–Crippen MR) is 59.4 cm³/mol. The third kappa shape index (κ3) is 3.13. The number of nitro groups is 1. The first-order valence-electron chi connectivity index (χ1n) is 4.34. The Morgan fingerprint density at radius 3 is 2.80 bits per heavy atom. The lowest BCUT2D eigenvalue weighted by Gasteiger charge is -1.98. The van der Waals surface area contributed by atoms with Gasteiger partial charge in [0.1, 0.15) is 5.82 Å². The maximum Gasteiger partial charge on any atom is 0.246 e. The summed E-state index contributed by atoms with van der Waals surface area (Å²) >= 11 is 3.02. The Kier molecular flexibility index (Phi) is 3.96. The minimum atomic E-state index is -0.433. The number of hydrogen-bond donors (Lipinski definition) is 0. The van der Waals surface area contributed by atoms with Crippen LogP contribution in [0.3, 0.4) is 0 Å². The quantitative estimate of drug-likeness (QED) is 0.624. The zero-order valence-electron chi connectivity index (χ0n) is 8.04. The molecular formula is C10H9BrFNO2. The molecule has 0 amide bonds. The van der Waals surface area contributed by atoms with E-state index in [4.69, 9.17) is 0 Å². The molecule has 0 aliphatic carbocycles. The standard InChI is InChI=1S/C10H9BrFNO2/c1-2-8(13(14)15)5-7-3-4-10(12)9(11)6-7/h3-6H,2H2,1H3. The van der Waals surface area contributed by atoms with Crippen molar-refractivity contribution < 1.29 is 9.31 Å². The minimum absolute atomic E-state index is 0.105. The highest BCUT2D eigenvalue weighted by atomic mass is 79.9. The summed E-state index contributed by atoms with van der Waals surface area (Å²) in [6.45, 7) is 1.70. The van der Waals surface area contributed by atoms with Crippen molar-refractivity contribution >= 4 is 22.0 Å². The number of halogens is 2. The molecular weight excluding hydrogens is 265 g/mol. The molecule has 0 heterocycles. The van der Waals surface area contributed by atoms with E-state index in [1.54, 1.807) is 6.92 Å². The molecule has 0 spiro atoms. The van der Waals surface area contributed by atoms with E-state index in [1.807, 2.05) is 0 Å². The number of hydrogen-bond acceptors (Lipinski definition) is 2. The number of benzene rings is 1. The molecule has 0 unspecified atom stereocenters. The van der Waals surface area contributed by atoms with E-state index < -0.39 is 4.92 Å². The van der Waals surface area contributed by atoms with Crippen molar-refractivity contribution in [1.29, 1.82) is 0 Å². The molecule has 1 aromatic carbocycles. The lowest BCUT2D eigenvalue weighted by Crippen LogP contribution is -1.96. The first-order valence-corrected chi connectivity index (χ1v) is 5.14. The normalized spacial score (nSPS) is 11.5. The van der Waals surface area contributed by atoms with Crippen LogP contribution in [0, 0.1) is 15.9 Å². The molecule has 0 aliphatic heterocycles. The Morgan fingerprint density at radius 2 is 2.33 bits per heavy atom. The van der Waals surface area contributed by atoms with Gasteiger partial charge in [-0.15, -0.1) is 0 Å². The van der Waals surface area contributed by atoms with Gasteiger partial charge in [-0.1, -0.05) is 13.0 Å². The van der Waals surface area contributed by atoms with Gasteiger partial charge in [-0.25, -0.2) is 4.39 Å². The summed E-state index contributed by atoms with van der Waals surface area (Å²) in [5.74, 6) is -0.383. The summed E-state index contributed by atoms with van der Waals surface area (Å²) in [5, 5.41) is 10.5. The molecule has 0 radical (unpaired) electrons. The van der Waals surface area contributed by atoms with Crippen LogP contribution in [0.5, 0.6) is 0 Å². The topological polar surface area (TPSA) is 43.1 Å². The van der Waals surface area contributed by atoms with Crippen LogP contribution >= 0.6 is 15.9 Å². The highest BCUT2D eigenvalue weighted by Crippen LogP contribution is 2.19. The maximum atomic E-state index is 12.9. The molecule has 0 aliphatic rings. The van der Waals surface area contributed by atoms with E-state index in [-0.39, 0.29) is 11.5 Å².